The summed E-state index contributed by atoms with van der Waals surface area (Å²) in [4.78, 5) is 21.4. The average molecular weight is 404 g/mol. The lowest BCUT2D eigenvalue weighted by Crippen LogP contribution is -2.37. The van der Waals surface area contributed by atoms with E-state index in [0.29, 0.717) is 24.6 Å². The molecule has 0 bridgehead atoms. The molecule has 1 aliphatic heterocycles. The van der Waals surface area contributed by atoms with Gasteiger partial charge in [0.05, 0.1) is 32.1 Å². The van der Waals surface area contributed by atoms with Crippen LogP contribution in [0.15, 0.2) is 34.1 Å². The number of aliphatic imine (C=N–C) groups is 1. The molecule has 1 fully saturated rings. The predicted molar refractivity (Wildman–Crippen MR) is 110 cm³/mol. The molecule has 0 spiro atoms. The number of hydrogen-bond donors (Lipinski definition) is 2. The summed E-state index contributed by atoms with van der Waals surface area (Å²) in [5, 5.41) is 10.7. The number of morpholine rings is 1. The summed E-state index contributed by atoms with van der Waals surface area (Å²) in [6, 6.07) is 7.08. The number of aromatic amines is 1. The van der Waals surface area contributed by atoms with Crippen LogP contribution >= 0.6 is 12.2 Å². The van der Waals surface area contributed by atoms with Gasteiger partial charge < -0.3 is 14.6 Å². The van der Waals surface area contributed by atoms with Gasteiger partial charge in [0.15, 0.2) is 4.77 Å². The normalized spacial score (nSPS) is 15.2. The smallest absolute Gasteiger partial charge is 0.264 e. The lowest BCUT2D eigenvalue weighted by molar-refractivity contribution is 0.0395. The van der Waals surface area contributed by atoms with Gasteiger partial charge in [-0.1, -0.05) is 0 Å². The molecule has 28 heavy (non-hydrogen) atoms. The number of nitrogens with one attached hydrogen (secondary N) is 1. The Morgan fingerprint density at radius 1 is 1.32 bits per heavy atom. The summed E-state index contributed by atoms with van der Waals surface area (Å²) in [5.74, 6) is 0.472. The first-order chi connectivity index (χ1) is 13.6. The van der Waals surface area contributed by atoms with Crippen LogP contribution in [0.3, 0.4) is 0 Å². The van der Waals surface area contributed by atoms with Crippen LogP contribution in [-0.4, -0.2) is 71.8 Å². The van der Waals surface area contributed by atoms with E-state index in [1.807, 2.05) is 6.92 Å². The molecule has 0 amide bonds. The molecule has 0 aliphatic carbocycles. The maximum atomic E-state index is 12.2. The Balaban J connectivity index is 1.80. The van der Waals surface area contributed by atoms with Gasteiger partial charge in [-0.3, -0.25) is 24.2 Å². The molecule has 2 aromatic rings. The Bertz CT molecular complexity index is 930. The molecule has 0 radical (unpaired) electrons. The van der Waals surface area contributed by atoms with Crippen LogP contribution in [-0.2, 0) is 4.74 Å². The first-order valence-electron chi connectivity index (χ1n) is 9.21. The molecule has 1 aliphatic rings. The van der Waals surface area contributed by atoms with Gasteiger partial charge in [0.25, 0.3) is 5.56 Å². The maximum absolute atomic E-state index is 12.2. The van der Waals surface area contributed by atoms with Gasteiger partial charge in [-0.15, -0.1) is 0 Å². The van der Waals surface area contributed by atoms with Crippen LogP contribution < -0.4 is 10.3 Å². The highest BCUT2D eigenvalue weighted by Crippen LogP contribution is 2.21. The van der Waals surface area contributed by atoms with E-state index in [9.17, 15) is 9.90 Å². The SMILES string of the molecule is CCOc1ccc(-n2c(O)c(C=NCCN3CCOCC3)c(=O)[nH]c2=S)cc1. The zero-order chi connectivity index (χ0) is 19.9. The molecule has 8 nitrogen and oxygen atoms in total. The molecule has 0 unspecified atom stereocenters. The molecule has 2 N–H and O–H groups in total. The molecular weight excluding hydrogens is 380 g/mol. The topological polar surface area (TPSA) is 92.1 Å². The van der Waals surface area contributed by atoms with E-state index in [4.69, 9.17) is 21.7 Å². The van der Waals surface area contributed by atoms with Crippen molar-refractivity contribution in [3.05, 3.63) is 45.0 Å². The third kappa shape index (κ3) is 4.86. The monoisotopic (exact) mass is 404 g/mol. The number of hydrogen-bond acceptors (Lipinski definition) is 7. The van der Waals surface area contributed by atoms with Crippen LogP contribution in [0.4, 0.5) is 0 Å². The summed E-state index contributed by atoms with van der Waals surface area (Å²) >= 11 is 5.23. The van der Waals surface area contributed by atoms with Gasteiger partial charge in [0.1, 0.15) is 11.3 Å². The molecule has 150 valence electrons. The molecule has 1 aromatic carbocycles. The Morgan fingerprint density at radius 2 is 2.04 bits per heavy atom. The van der Waals surface area contributed by atoms with E-state index in [1.54, 1.807) is 24.3 Å². The zero-order valence-electron chi connectivity index (χ0n) is 15.8. The summed E-state index contributed by atoms with van der Waals surface area (Å²) in [6.45, 7) is 6.98. The molecule has 2 heterocycles. The zero-order valence-corrected chi connectivity index (χ0v) is 16.6. The number of nitrogens with zero attached hydrogens (tertiary/aromatic N) is 3. The van der Waals surface area contributed by atoms with Gasteiger partial charge in [-0.05, 0) is 43.4 Å². The summed E-state index contributed by atoms with van der Waals surface area (Å²) < 4.78 is 12.2. The van der Waals surface area contributed by atoms with Gasteiger partial charge in [0, 0.05) is 25.8 Å². The standard InChI is InChI=1S/C19H24N4O4S/c1-2-27-15-5-3-14(4-6-15)23-18(25)16(17(24)21-19(23)28)13-20-7-8-22-9-11-26-12-10-22/h3-6,13,25H,2,7-12H2,1H3,(H,21,24,28). The van der Waals surface area contributed by atoms with E-state index in [0.717, 1.165) is 32.8 Å². The van der Waals surface area contributed by atoms with Gasteiger partial charge in [0.2, 0.25) is 5.88 Å². The summed E-state index contributed by atoms with van der Waals surface area (Å²) in [5.41, 5.74) is 0.217. The van der Waals surface area contributed by atoms with Crippen molar-refractivity contribution in [2.45, 2.75) is 6.92 Å². The summed E-state index contributed by atoms with van der Waals surface area (Å²) in [6.07, 6.45) is 1.40. The van der Waals surface area contributed by atoms with Crippen LogP contribution in [0.5, 0.6) is 11.6 Å². The molecule has 1 aromatic heterocycles. The van der Waals surface area contributed by atoms with Crippen molar-refractivity contribution in [3.8, 4) is 17.3 Å². The molecule has 3 rings (SSSR count). The van der Waals surface area contributed by atoms with E-state index in [1.165, 1.54) is 10.8 Å². The van der Waals surface area contributed by atoms with E-state index in [2.05, 4.69) is 14.9 Å². The predicted octanol–water partition coefficient (Wildman–Crippen LogP) is 1.75. The van der Waals surface area contributed by atoms with Crippen molar-refractivity contribution >= 4 is 18.4 Å². The van der Waals surface area contributed by atoms with Gasteiger partial charge in [-0.2, -0.15) is 0 Å². The highest BCUT2D eigenvalue weighted by Gasteiger charge is 2.13. The Kier molecular flexibility index (Phi) is 6.96. The first-order valence-corrected chi connectivity index (χ1v) is 9.62. The number of benzene rings is 1. The van der Waals surface area contributed by atoms with Crippen LogP contribution in [0.2, 0.25) is 0 Å². The molecule has 0 atom stereocenters. The third-order valence-electron chi connectivity index (χ3n) is 4.40. The van der Waals surface area contributed by atoms with E-state index >= 15 is 0 Å². The minimum Gasteiger partial charge on any atom is -0.494 e. The Hall–Kier alpha value is -2.49. The minimum absolute atomic E-state index is 0.0736. The van der Waals surface area contributed by atoms with Gasteiger partial charge >= 0.3 is 0 Å². The van der Waals surface area contributed by atoms with Crippen molar-refractivity contribution in [3.63, 3.8) is 0 Å². The van der Waals surface area contributed by atoms with Crippen molar-refractivity contribution in [1.29, 1.82) is 0 Å². The van der Waals surface area contributed by atoms with Crippen molar-refractivity contribution < 1.29 is 14.6 Å². The second-order valence-electron chi connectivity index (χ2n) is 6.25. The lowest BCUT2D eigenvalue weighted by Gasteiger charge is -2.25. The van der Waals surface area contributed by atoms with Crippen LogP contribution in [0.1, 0.15) is 12.5 Å². The highest BCUT2D eigenvalue weighted by atomic mass is 32.1. The molecule has 1 saturated heterocycles. The fourth-order valence-electron chi connectivity index (χ4n) is 2.93. The lowest BCUT2D eigenvalue weighted by atomic mass is 10.2. The second kappa shape index (κ2) is 9.63. The maximum Gasteiger partial charge on any atom is 0.264 e. The second-order valence-corrected chi connectivity index (χ2v) is 6.63. The Morgan fingerprint density at radius 3 is 2.71 bits per heavy atom. The quantitative estimate of drug-likeness (QED) is 0.540. The van der Waals surface area contributed by atoms with Crippen LogP contribution in [0.25, 0.3) is 5.69 Å². The Labute approximate surface area is 168 Å². The van der Waals surface area contributed by atoms with E-state index in [-0.39, 0.29) is 16.2 Å². The van der Waals surface area contributed by atoms with Gasteiger partial charge in [-0.25, -0.2) is 0 Å². The summed E-state index contributed by atoms with van der Waals surface area (Å²) in [7, 11) is 0. The van der Waals surface area contributed by atoms with Crippen LogP contribution in [0, 0.1) is 4.77 Å². The number of rotatable bonds is 7. The number of aromatic nitrogens is 2. The average Bonchev–Trinajstić information content (AvgIpc) is 2.69. The first kappa shape index (κ1) is 20.2. The fourth-order valence-corrected chi connectivity index (χ4v) is 3.22. The van der Waals surface area contributed by atoms with E-state index < -0.39 is 5.56 Å². The largest absolute Gasteiger partial charge is 0.494 e. The minimum atomic E-state index is -0.472. The molecule has 0 saturated carbocycles. The third-order valence-corrected chi connectivity index (χ3v) is 4.68. The number of ether oxygens (including phenoxy) is 2. The number of H-pyrrole nitrogens is 1. The number of aromatic hydroxyl groups is 1. The fraction of sp³-hybridized carbons (Fsp3) is 0.421. The van der Waals surface area contributed by atoms with Crippen molar-refractivity contribution in [1.82, 2.24) is 14.5 Å². The molecule has 9 heteroatoms. The van der Waals surface area contributed by atoms with Crippen molar-refractivity contribution in [2.24, 2.45) is 4.99 Å². The molecular formula is C19H24N4O4S. The highest BCUT2D eigenvalue weighted by molar-refractivity contribution is 7.71. The van der Waals surface area contributed by atoms with Crippen molar-refractivity contribution in [2.75, 3.05) is 46.0 Å².